The minimum atomic E-state index is -0.550. The lowest BCUT2D eigenvalue weighted by molar-refractivity contribution is -0.385. The lowest BCUT2D eigenvalue weighted by Crippen LogP contribution is -2.31. The molecule has 0 saturated heterocycles. The number of benzene rings is 1. The molecule has 0 bridgehead atoms. The average molecular weight is 319 g/mol. The van der Waals surface area contributed by atoms with E-state index in [1.54, 1.807) is 0 Å². The summed E-state index contributed by atoms with van der Waals surface area (Å²) in [5, 5.41) is 21.5. The molecule has 0 spiro atoms. The van der Waals surface area contributed by atoms with Crippen LogP contribution >= 0.6 is 15.9 Å². The maximum Gasteiger partial charge on any atom is 0.273 e. The molecule has 0 unspecified atom stereocenters. The van der Waals surface area contributed by atoms with Crippen molar-refractivity contribution in [2.75, 3.05) is 19.8 Å². The quantitative estimate of drug-likeness (QED) is 0.598. The molecule has 0 aromatic heterocycles. The molecule has 0 heterocycles. The molecule has 8 heteroatoms. The molecular weight excluding hydrogens is 308 g/mol. The van der Waals surface area contributed by atoms with Gasteiger partial charge in [0.15, 0.2) is 6.61 Å². The predicted molar refractivity (Wildman–Crippen MR) is 66.4 cm³/mol. The van der Waals surface area contributed by atoms with Gasteiger partial charge in [0.2, 0.25) is 0 Å². The number of carbonyl (C=O) groups excluding carboxylic acids is 1. The molecule has 0 saturated carbocycles. The smallest absolute Gasteiger partial charge is 0.273 e. The summed E-state index contributed by atoms with van der Waals surface area (Å²) >= 11 is 3.16. The number of hydrogen-bond acceptors (Lipinski definition) is 5. The van der Waals surface area contributed by atoms with E-state index in [4.69, 9.17) is 9.84 Å². The zero-order chi connectivity index (χ0) is 13.5. The van der Waals surface area contributed by atoms with Gasteiger partial charge in [-0.25, -0.2) is 0 Å². The van der Waals surface area contributed by atoms with E-state index >= 15 is 0 Å². The molecule has 1 aromatic rings. The topological polar surface area (TPSA) is 102 Å². The maximum atomic E-state index is 11.2. The Morgan fingerprint density at radius 1 is 1.56 bits per heavy atom. The molecule has 0 fully saturated rings. The predicted octanol–water partition coefficient (Wildman–Crippen LogP) is 0.845. The second-order valence-electron chi connectivity index (χ2n) is 3.23. The molecule has 0 atom stereocenters. The zero-order valence-corrected chi connectivity index (χ0v) is 10.8. The Labute approximate surface area is 111 Å². The Morgan fingerprint density at radius 2 is 2.28 bits per heavy atom. The SMILES string of the molecule is O=C(COc1cc([N+](=O)[O-])ccc1Br)NCCO. The Bertz CT molecular complexity index is 452. The molecule has 1 rings (SSSR count). The fourth-order valence-corrected chi connectivity index (χ4v) is 1.47. The second-order valence-corrected chi connectivity index (χ2v) is 4.09. The molecule has 7 nitrogen and oxygen atoms in total. The summed E-state index contributed by atoms with van der Waals surface area (Å²) in [6.07, 6.45) is 0. The molecule has 0 aliphatic carbocycles. The number of aliphatic hydroxyl groups excluding tert-OH is 1. The Balaban J connectivity index is 2.63. The first kappa shape index (κ1) is 14.4. The summed E-state index contributed by atoms with van der Waals surface area (Å²) in [4.78, 5) is 21.2. The van der Waals surface area contributed by atoms with Gasteiger partial charge >= 0.3 is 0 Å². The van der Waals surface area contributed by atoms with E-state index < -0.39 is 10.8 Å². The number of nitro benzene ring substituents is 1. The standard InChI is InChI=1S/C10H11BrN2O5/c11-8-2-1-7(13(16)17)5-9(8)18-6-10(15)12-3-4-14/h1-2,5,14H,3-4,6H2,(H,12,15). The van der Waals surface area contributed by atoms with Crippen molar-refractivity contribution in [3.8, 4) is 5.75 Å². The van der Waals surface area contributed by atoms with Crippen LogP contribution in [-0.2, 0) is 4.79 Å². The van der Waals surface area contributed by atoms with Gasteiger partial charge in [0, 0.05) is 12.6 Å². The molecule has 0 aliphatic heterocycles. The zero-order valence-electron chi connectivity index (χ0n) is 9.26. The van der Waals surface area contributed by atoms with Crippen molar-refractivity contribution in [3.63, 3.8) is 0 Å². The third-order valence-electron chi connectivity index (χ3n) is 1.92. The lowest BCUT2D eigenvalue weighted by atomic mass is 10.3. The summed E-state index contributed by atoms with van der Waals surface area (Å²) in [6.45, 7) is -0.301. The largest absolute Gasteiger partial charge is 0.482 e. The van der Waals surface area contributed by atoms with Crippen molar-refractivity contribution in [1.29, 1.82) is 0 Å². The first-order valence-electron chi connectivity index (χ1n) is 4.99. The minimum absolute atomic E-state index is 0.121. The van der Waals surface area contributed by atoms with Crippen LogP contribution in [0, 0.1) is 10.1 Å². The minimum Gasteiger partial charge on any atom is -0.482 e. The van der Waals surface area contributed by atoms with Crippen LogP contribution < -0.4 is 10.1 Å². The second kappa shape index (κ2) is 6.92. The molecule has 0 radical (unpaired) electrons. The number of ether oxygens (including phenoxy) is 1. The van der Waals surface area contributed by atoms with Gasteiger partial charge in [0.05, 0.1) is 22.1 Å². The number of nitrogens with one attached hydrogen (secondary N) is 1. The number of rotatable bonds is 6. The van der Waals surface area contributed by atoms with Gasteiger partial charge in [0.25, 0.3) is 11.6 Å². The van der Waals surface area contributed by atoms with Gasteiger partial charge in [-0.05, 0) is 22.0 Å². The number of non-ortho nitro benzene ring substituents is 1. The maximum absolute atomic E-state index is 11.2. The van der Waals surface area contributed by atoms with Crippen molar-refractivity contribution in [1.82, 2.24) is 5.32 Å². The van der Waals surface area contributed by atoms with Gasteiger partial charge < -0.3 is 15.2 Å². The summed E-state index contributed by atoms with van der Waals surface area (Å²) in [5.74, 6) is -0.203. The van der Waals surface area contributed by atoms with E-state index in [9.17, 15) is 14.9 Å². The third-order valence-corrected chi connectivity index (χ3v) is 2.57. The molecule has 18 heavy (non-hydrogen) atoms. The number of nitrogens with zero attached hydrogens (tertiary/aromatic N) is 1. The van der Waals surface area contributed by atoms with E-state index in [0.29, 0.717) is 4.47 Å². The van der Waals surface area contributed by atoms with Crippen LogP contribution in [0.2, 0.25) is 0 Å². The summed E-state index contributed by atoms with van der Waals surface area (Å²) in [6, 6.07) is 4.02. The number of aliphatic hydroxyl groups is 1. The summed E-state index contributed by atoms with van der Waals surface area (Å²) in [5.41, 5.74) is -0.121. The fourth-order valence-electron chi connectivity index (χ4n) is 1.11. The van der Waals surface area contributed by atoms with Gasteiger partial charge in [-0.15, -0.1) is 0 Å². The van der Waals surface area contributed by atoms with Crippen molar-refractivity contribution < 1.29 is 19.6 Å². The molecule has 98 valence electrons. The van der Waals surface area contributed by atoms with Crippen molar-refractivity contribution >= 4 is 27.5 Å². The highest BCUT2D eigenvalue weighted by Gasteiger charge is 2.11. The molecular formula is C10H11BrN2O5. The van der Waals surface area contributed by atoms with Gasteiger partial charge in [-0.3, -0.25) is 14.9 Å². The van der Waals surface area contributed by atoms with Crippen LogP contribution in [0.25, 0.3) is 0 Å². The molecule has 0 aliphatic rings. The highest BCUT2D eigenvalue weighted by Crippen LogP contribution is 2.29. The van der Waals surface area contributed by atoms with Crippen LogP contribution in [0.5, 0.6) is 5.75 Å². The highest BCUT2D eigenvalue weighted by molar-refractivity contribution is 9.10. The van der Waals surface area contributed by atoms with Crippen LogP contribution in [0.15, 0.2) is 22.7 Å². The van der Waals surface area contributed by atoms with Crippen LogP contribution in [0.3, 0.4) is 0 Å². The normalized spacial score (nSPS) is 9.89. The molecule has 1 aromatic carbocycles. The van der Waals surface area contributed by atoms with Crippen LogP contribution in [0.4, 0.5) is 5.69 Å². The lowest BCUT2D eigenvalue weighted by Gasteiger charge is -2.08. The van der Waals surface area contributed by atoms with E-state index in [-0.39, 0.29) is 31.2 Å². The van der Waals surface area contributed by atoms with Crippen molar-refractivity contribution in [2.45, 2.75) is 0 Å². The number of hydrogen-bond donors (Lipinski definition) is 2. The number of amides is 1. The highest BCUT2D eigenvalue weighted by atomic mass is 79.9. The van der Waals surface area contributed by atoms with Gasteiger partial charge in [0.1, 0.15) is 5.75 Å². The van der Waals surface area contributed by atoms with Crippen LogP contribution in [0.1, 0.15) is 0 Å². The number of halogens is 1. The first-order chi connectivity index (χ1) is 8.54. The molecule has 1 amide bonds. The third kappa shape index (κ3) is 4.30. The average Bonchev–Trinajstić information content (AvgIpc) is 2.35. The Kier molecular flexibility index (Phi) is 5.53. The number of carbonyl (C=O) groups is 1. The van der Waals surface area contributed by atoms with E-state index in [1.807, 2.05) is 0 Å². The summed E-state index contributed by atoms with van der Waals surface area (Å²) in [7, 11) is 0. The van der Waals surface area contributed by atoms with E-state index in [2.05, 4.69) is 21.2 Å². The monoisotopic (exact) mass is 318 g/mol. The fraction of sp³-hybridized carbons (Fsp3) is 0.300. The Morgan fingerprint density at radius 3 is 2.89 bits per heavy atom. The number of nitro groups is 1. The van der Waals surface area contributed by atoms with E-state index in [1.165, 1.54) is 18.2 Å². The Hall–Kier alpha value is -1.67. The van der Waals surface area contributed by atoms with Crippen molar-refractivity contribution in [3.05, 3.63) is 32.8 Å². The van der Waals surface area contributed by atoms with Crippen molar-refractivity contribution in [2.24, 2.45) is 0 Å². The van der Waals surface area contributed by atoms with Gasteiger partial charge in [-0.2, -0.15) is 0 Å². The van der Waals surface area contributed by atoms with E-state index in [0.717, 1.165) is 0 Å². The van der Waals surface area contributed by atoms with Crippen LogP contribution in [-0.4, -0.2) is 35.7 Å². The first-order valence-corrected chi connectivity index (χ1v) is 5.78. The molecule has 2 N–H and O–H groups in total. The van der Waals surface area contributed by atoms with Gasteiger partial charge in [-0.1, -0.05) is 0 Å². The summed E-state index contributed by atoms with van der Waals surface area (Å²) < 4.78 is 5.66.